The van der Waals surface area contributed by atoms with Gasteiger partial charge in [-0.15, -0.1) is 0 Å². The van der Waals surface area contributed by atoms with Gasteiger partial charge < -0.3 is 21.3 Å². The van der Waals surface area contributed by atoms with Crippen LogP contribution in [0.5, 0.6) is 0 Å². The smallest absolute Gasteiger partial charge is 0.256 e. The number of primary amides is 1. The van der Waals surface area contributed by atoms with Crippen LogP contribution < -0.4 is 16.4 Å². The van der Waals surface area contributed by atoms with E-state index in [4.69, 9.17) is 5.73 Å². The number of benzene rings is 1. The first kappa shape index (κ1) is 13.7. The summed E-state index contributed by atoms with van der Waals surface area (Å²) in [5.41, 5.74) is 7.27. The van der Waals surface area contributed by atoms with E-state index in [-0.39, 0.29) is 11.8 Å². The van der Waals surface area contributed by atoms with E-state index in [9.17, 15) is 9.59 Å². The summed E-state index contributed by atoms with van der Waals surface area (Å²) in [6, 6.07) is 5.65. The lowest BCUT2D eigenvalue weighted by Gasteiger charge is -2.25. The number of nitrogens with one attached hydrogen (secondary N) is 2. The Morgan fingerprint density at radius 2 is 2.05 bits per heavy atom. The molecule has 112 valence electrons. The second kappa shape index (κ2) is 4.95. The predicted molar refractivity (Wildman–Crippen MR) is 81.2 cm³/mol. The van der Waals surface area contributed by atoms with Gasteiger partial charge in [0.05, 0.1) is 22.4 Å². The molecule has 6 heteroatoms. The van der Waals surface area contributed by atoms with E-state index in [1.54, 1.807) is 4.90 Å². The van der Waals surface area contributed by atoms with Crippen LogP contribution >= 0.6 is 0 Å². The third-order valence-corrected chi connectivity index (χ3v) is 4.39. The number of nitrogens with two attached hydrogens (primary N) is 1. The zero-order valence-electron chi connectivity index (χ0n) is 12.1. The molecule has 0 radical (unpaired) electrons. The minimum atomic E-state index is -0.615. The van der Waals surface area contributed by atoms with E-state index in [2.05, 4.69) is 10.6 Å². The molecule has 2 amide bonds. The average molecular weight is 288 g/mol. The summed E-state index contributed by atoms with van der Waals surface area (Å²) in [7, 11) is 0. The molecule has 2 aliphatic heterocycles. The van der Waals surface area contributed by atoms with Crippen LogP contribution in [0.4, 0.5) is 11.4 Å². The molecular weight excluding hydrogens is 268 g/mol. The van der Waals surface area contributed by atoms with Crippen molar-refractivity contribution in [2.75, 3.05) is 36.8 Å². The molecule has 0 bridgehead atoms. The van der Waals surface area contributed by atoms with E-state index in [0.717, 1.165) is 24.5 Å². The average Bonchev–Trinajstić information content (AvgIpc) is 2.90. The monoisotopic (exact) mass is 288 g/mol. The van der Waals surface area contributed by atoms with Crippen LogP contribution in [0.25, 0.3) is 0 Å². The molecule has 1 unspecified atom stereocenters. The Balaban J connectivity index is 1.86. The molecule has 4 N–H and O–H groups in total. The number of carbonyl (C=O) groups is 2. The van der Waals surface area contributed by atoms with Crippen molar-refractivity contribution in [3.63, 3.8) is 0 Å². The van der Waals surface area contributed by atoms with Gasteiger partial charge in [0.2, 0.25) is 5.91 Å². The third kappa shape index (κ3) is 2.30. The Morgan fingerprint density at radius 1 is 1.29 bits per heavy atom. The number of likely N-dealkylation sites (tertiary alicyclic amines) is 1. The van der Waals surface area contributed by atoms with E-state index in [1.807, 2.05) is 25.1 Å². The number of rotatable bonds is 2. The Morgan fingerprint density at radius 3 is 2.76 bits per heavy atom. The van der Waals surface area contributed by atoms with Crippen LogP contribution in [-0.2, 0) is 4.79 Å². The molecule has 2 heterocycles. The summed E-state index contributed by atoms with van der Waals surface area (Å²) in [4.78, 5) is 26.0. The molecule has 2 aliphatic rings. The highest BCUT2D eigenvalue weighted by Crippen LogP contribution is 2.33. The van der Waals surface area contributed by atoms with Gasteiger partial charge in [0.25, 0.3) is 5.91 Å². The van der Waals surface area contributed by atoms with E-state index in [0.29, 0.717) is 25.1 Å². The molecule has 0 saturated carbocycles. The van der Waals surface area contributed by atoms with Crippen molar-refractivity contribution < 1.29 is 9.59 Å². The highest BCUT2D eigenvalue weighted by molar-refractivity contribution is 6.03. The maximum absolute atomic E-state index is 12.7. The SMILES string of the molecule is CC1(C(N)=O)CCN(C(=O)c2cccc3c2NCCN3)C1. The summed E-state index contributed by atoms with van der Waals surface area (Å²) >= 11 is 0. The van der Waals surface area contributed by atoms with Gasteiger partial charge in [-0.2, -0.15) is 0 Å². The first-order chi connectivity index (χ1) is 10.0. The highest BCUT2D eigenvalue weighted by atomic mass is 16.2. The van der Waals surface area contributed by atoms with Crippen LogP contribution in [0.1, 0.15) is 23.7 Å². The number of hydrogen-bond donors (Lipinski definition) is 3. The molecule has 1 atom stereocenters. The van der Waals surface area contributed by atoms with Gasteiger partial charge in [0, 0.05) is 26.2 Å². The number of hydrogen-bond acceptors (Lipinski definition) is 4. The van der Waals surface area contributed by atoms with Crippen molar-refractivity contribution in [2.24, 2.45) is 11.1 Å². The van der Waals surface area contributed by atoms with Crippen LogP contribution in [0.15, 0.2) is 18.2 Å². The number of amides is 2. The standard InChI is InChI=1S/C15H20N4O2/c1-15(14(16)21)5-8-19(9-15)13(20)10-3-2-4-11-12(10)18-7-6-17-11/h2-4,17-18H,5-9H2,1H3,(H2,16,21). The van der Waals surface area contributed by atoms with Crippen molar-refractivity contribution in [3.05, 3.63) is 23.8 Å². The first-order valence-electron chi connectivity index (χ1n) is 7.21. The van der Waals surface area contributed by atoms with E-state index in [1.165, 1.54) is 0 Å². The molecule has 1 aromatic carbocycles. The van der Waals surface area contributed by atoms with Crippen molar-refractivity contribution in [2.45, 2.75) is 13.3 Å². The fourth-order valence-corrected chi connectivity index (χ4v) is 2.96. The summed E-state index contributed by atoms with van der Waals surface area (Å²) in [5.74, 6) is -0.388. The Labute approximate surface area is 123 Å². The Kier molecular flexibility index (Phi) is 3.23. The van der Waals surface area contributed by atoms with Crippen molar-refractivity contribution in [3.8, 4) is 0 Å². The molecule has 0 spiro atoms. The summed E-state index contributed by atoms with van der Waals surface area (Å²) in [6.07, 6.45) is 0.620. The van der Waals surface area contributed by atoms with Crippen LogP contribution in [-0.4, -0.2) is 42.9 Å². The minimum absolute atomic E-state index is 0.0481. The summed E-state index contributed by atoms with van der Waals surface area (Å²) < 4.78 is 0. The normalized spacial score (nSPS) is 24.0. The Hall–Kier alpha value is -2.24. The van der Waals surface area contributed by atoms with Gasteiger partial charge in [-0.25, -0.2) is 0 Å². The molecule has 1 saturated heterocycles. The molecular formula is C15H20N4O2. The number of para-hydroxylation sites is 1. The topological polar surface area (TPSA) is 87.5 Å². The van der Waals surface area contributed by atoms with Crippen LogP contribution in [0, 0.1) is 5.41 Å². The molecule has 0 aliphatic carbocycles. The van der Waals surface area contributed by atoms with Gasteiger partial charge in [-0.05, 0) is 25.5 Å². The quantitative estimate of drug-likeness (QED) is 0.753. The fourth-order valence-electron chi connectivity index (χ4n) is 2.96. The lowest BCUT2D eigenvalue weighted by atomic mass is 9.89. The summed E-state index contributed by atoms with van der Waals surface area (Å²) in [5, 5.41) is 6.55. The number of carbonyl (C=O) groups excluding carboxylic acids is 2. The summed E-state index contributed by atoms with van der Waals surface area (Å²) in [6.45, 7) is 4.40. The van der Waals surface area contributed by atoms with Crippen molar-refractivity contribution in [1.29, 1.82) is 0 Å². The molecule has 21 heavy (non-hydrogen) atoms. The van der Waals surface area contributed by atoms with E-state index < -0.39 is 5.41 Å². The van der Waals surface area contributed by atoms with Crippen molar-refractivity contribution >= 4 is 23.2 Å². The number of anilines is 2. The second-order valence-corrected chi connectivity index (χ2v) is 5.98. The van der Waals surface area contributed by atoms with Gasteiger partial charge in [0.1, 0.15) is 0 Å². The Bertz CT molecular complexity index is 601. The molecule has 0 aromatic heterocycles. The predicted octanol–water partition coefficient (Wildman–Crippen LogP) is 0.861. The highest BCUT2D eigenvalue weighted by Gasteiger charge is 2.41. The lowest BCUT2D eigenvalue weighted by molar-refractivity contribution is -0.126. The maximum atomic E-state index is 12.7. The fraction of sp³-hybridized carbons (Fsp3) is 0.467. The van der Waals surface area contributed by atoms with E-state index >= 15 is 0 Å². The molecule has 1 aromatic rings. The molecule has 6 nitrogen and oxygen atoms in total. The second-order valence-electron chi connectivity index (χ2n) is 5.98. The van der Waals surface area contributed by atoms with Gasteiger partial charge in [-0.3, -0.25) is 9.59 Å². The van der Waals surface area contributed by atoms with Gasteiger partial charge in [0.15, 0.2) is 0 Å². The van der Waals surface area contributed by atoms with Crippen molar-refractivity contribution in [1.82, 2.24) is 4.90 Å². The lowest BCUT2D eigenvalue weighted by Crippen LogP contribution is -2.39. The largest absolute Gasteiger partial charge is 0.382 e. The van der Waals surface area contributed by atoms with Gasteiger partial charge >= 0.3 is 0 Å². The zero-order valence-corrected chi connectivity index (χ0v) is 12.1. The number of fused-ring (bicyclic) bond motifs is 1. The molecule has 3 rings (SSSR count). The first-order valence-corrected chi connectivity index (χ1v) is 7.21. The molecule has 1 fully saturated rings. The van der Waals surface area contributed by atoms with Gasteiger partial charge in [-0.1, -0.05) is 6.07 Å². The zero-order chi connectivity index (χ0) is 15.0. The maximum Gasteiger partial charge on any atom is 0.256 e. The number of nitrogens with zero attached hydrogens (tertiary/aromatic N) is 1. The third-order valence-electron chi connectivity index (χ3n) is 4.39. The van der Waals surface area contributed by atoms with Crippen LogP contribution in [0.3, 0.4) is 0 Å². The van der Waals surface area contributed by atoms with Crippen LogP contribution in [0.2, 0.25) is 0 Å². The minimum Gasteiger partial charge on any atom is -0.382 e.